The van der Waals surface area contributed by atoms with E-state index in [1.807, 2.05) is 42.5 Å². The molecule has 0 unspecified atom stereocenters. The van der Waals surface area contributed by atoms with Gasteiger partial charge in [0, 0.05) is 13.0 Å². The predicted octanol–water partition coefficient (Wildman–Crippen LogP) is 3.62. The van der Waals surface area contributed by atoms with Crippen LogP contribution < -0.4 is 10.6 Å². The molecule has 2 aromatic carbocycles. The first-order valence-electron chi connectivity index (χ1n) is 9.16. The Kier molecular flexibility index (Phi) is 6.36. The summed E-state index contributed by atoms with van der Waals surface area (Å²) < 4.78 is 13.3. The summed E-state index contributed by atoms with van der Waals surface area (Å²) in [5.74, 6) is -1.24. The van der Waals surface area contributed by atoms with E-state index in [2.05, 4.69) is 10.6 Å². The van der Waals surface area contributed by atoms with Crippen molar-refractivity contribution in [2.45, 2.75) is 31.2 Å². The third-order valence-electron chi connectivity index (χ3n) is 4.67. The zero-order valence-corrected chi connectivity index (χ0v) is 15.0. The highest BCUT2D eigenvalue weighted by molar-refractivity contribution is 5.90. The van der Waals surface area contributed by atoms with Gasteiger partial charge in [-0.3, -0.25) is 9.59 Å². The van der Waals surface area contributed by atoms with Crippen LogP contribution in [0.1, 0.15) is 42.3 Å². The summed E-state index contributed by atoms with van der Waals surface area (Å²) in [5.41, 5.74) is 1.64. The van der Waals surface area contributed by atoms with E-state index in [-0.39, 0.29) is 30.1 Å². The van der Waals surface area contributed by atoms with Crippen molar-refractivity contribution in [1.82, 2.24) is 10.6 Å². The third kappa shape index (κ3) is 5.26. The predicted molar refractivity (Wildman–Crippen MR) is 102 cm³/mol. The topological polar surface area (TPSA) is 58.2 Å². The lowest BCUT2D eigenvalue weighted by atomic mass is 9.93. The van der Waals surface area contributed by atoms with Crippen LogP contribution in [0.2, 0.25) is 0 Å². The minimum Gasteiger partial charge on any atom is -0.356 e. The van der Waals surface area contributed by atoms with Crippen molar-refractivity contribution in [2.75, 3.05) is 6.54 Å². The number of amides is 2. The van der Waals surface area contributed by atoms with E-state index in [9.17, 15) is 14.0 Å². The Morgan fingerprint density at radius 2 is 1.63 bits per heavy atom. The minimum absolute atomic E-state index is 0.0930. The number of hydrogen-bond donors (Lipinski definition) is 2. The Bertz CT molecular complexity index is 803. The molecule has 1 aliphatic rings. The van der Waals surface area contributed by atoms with E-state index in [1.165, 1.54) is 12.1 Å². The quantitative estimate of drug-likeness (QED) is 0.798. The number of carbonyl (C=O) groups excluding carboxylic acids is 2. The van der Waals surface area contributed by atoms with Crippen molar-refractivity contribution in [1.29, 1.82) is 0 Å². The fourth-order valence-corrected chi connectivity index (χ4v) is 3.20. The normalized spacial score (nSPS) is 22.7. The highest BCUT2D eigenvalue weighted by atomic mass is 19.1. The smallest absolute Gasteiger partial charge is 0.228 e. The standard InChI is InChI=1S/C22H23FN2O2/c23-18-12-10-17(11-13-18)20-9-5-2-6-14-24-21(26)15-19(22(27)25-20)16-7-3-1-4-8-16/h1-5,7-8,10-13,19-20H,6,9,14-15H2,(H,24,26)(H,25,27)/b5-2-/t19-,20-/m0/s1. The largest absolute Gasteiger partial charge is 0.356 e. The van der Waals surface area contributed by atoms with Crippen LogP contribution >= 0.6 is 0 Å². The van der Waals surface area contributed by atoms with E-state index in [4.69, 9.17) is 0 Å². The number of rotatable bonds is 2. The van der Waals surface area contributed by atoms with E-state index < -0.39 is 5.92 Å². The van der Waals surface area contributed by atoms with Crippen LogP contribution in [0.4, 0.5) is 4.39 Å². The maximum absolute atomic E-state index is 13.3. The maximum atomic E-state index is 13.3. The van der Waals surface area contributed by atoms with Gasteiger partial charge < -0.3 is 10.6 Å². The van der Waals surface area contributed by atoms with Gasteiger partial charge in [-0.1, -0.05) is 54.6 Å². The van der Waals surface area contributed by atoms with Gasteiger partial charge in [-0.25, -0.2) is 4.39 Å². The first kappa shape index (κ1) is 18.8. The number of nitrogens with one attached hydrogen (secondary N) is 2. The highest BCUT2D eigenvalue weighted by Gasteiger charge is 2.26. The molecule has 0 bridgehead atoms. The van der Waals surface area contributed by atoms with E-state index in [0.717, 1.165) is 17.5 Å². The molecule has 2 atom stereocenters. The Morgan fingerprint density at radius 1 is 0.889 bits per heavy atom. The van der Waals surface area contributed by atoms with Gasteiger partial charge in [-0.15, -0.1) is 0 Å². The number of hydrogen-bond acceptors (Lipinski definition) is 2. The average Bonchev–Trinajstić information content (AvgIpc) is 2.68. The average molecular weight is 366 g/mol. The molecule has 0 fully saturated rings. The molecule has 2 aromatic rings. The van der Waals surface area contributed by atoms with Gasteiger partial charge in [-0.2, -0.15) is 0 Å². The first-order valence-corrected chi connectivity index (χ1v) is 9.16. The van der Waals surface area contributed by atoms with E-state index in [0.29, 0.717) is 13.0 Å². The summed E-state index contributed by atoms with van der Waals surface area (Å²) in [6.45, 7) is 0.541. The van der Waals surface area contributed by atoms with Crippen molar-refractivity contribution in [3.05, 3.63) is 83.7 Å². The zero-order chi connectivity index (χ0) is 19.1. The molecule has 0 aromatic heterocycles. The second-order valence-electron chi connectivity index (χ2n) is 6.63. The van der Waals surface area contributed by atoms with Gasteiger partial charge in [0.15, 0.2) is 0 Å². The Balaban J connectivity index is 1.89. The molecule has 3 rings (SSSR count). The van der Waals surface area contributed by atoms with Crippen molar-refractivity contribution in [3.8, 4) is 0 Å². The summed E-state index contributed by atoms with van der Waals surface area (Å²) >= 11 is 0. The SMILES string of the molecule is O=C1C[C@@H](c2ccccc2)C(=O)N[C@H](c2ccc(F)cc2)C/C=C\CCN1. The van der Waals surface area contributed by atoms with Gasteiger partial charge in [0.2, 0.25) is 11.8 Å². The third-order valence-corrected chi connectivity index (χ3v) is 4.67. The lowest BCUT2D eigenvalue weighted by Gasteiger charge is -2.23. The van der Waals surface area contributed by atoms with Crippen LogP contribution in [0.5, 0.6) is 0 Å². The molecular weight excluding hydrogens is 343 g/mol. The lowest BCUT2D eigenvalue weighted by Crippen LogP contribution is -2.36. The molecule has 0 saturated carbocycles. The lowest BCUT2D eigenvalue weighted by molar-refractivity contribution is -0.128. The van der Waals surface area contributed by atoms with Crippen LogP contribution in [0, 0.1) is 5.82 Å². The van der Waals surface area contributed by atoms with Gasteiger partial charge >= 0.3 is 0 Å². The fourth-order valence-electron chi connectivity index (χ4n) is 3.20. The van der Waals surface area contributed by atoms with Gasteiger partial charge in [-0.05, 0) is 36.1 Å². The Labute approximate surface area is 158 Å². The highest BCUT2D eigenvalue weighted by Crippen LogP contribution is 2.24. The van der Waals surface area contributed by atoms with Crippen LogP contribution in [-0.4, -0.2) is 18.4 Å². The van der Waals surface area contributed by atoms with E-state index >= 15 is 0 Å². The van der Waals surface area contributed by atoms with Crippen LogP contribution in [-0.2, 0) is 9.59 Å². The van der Waals surface area contributed by atoms with Crippen molar-refractivity contribution >= 4 is 11.8 Å². The molecule has 4 nitrogen and oxygen atoms in total. The van der Waals surface area contributed by atoms with Crippen molar-refractivity contribution in [2.24, 2.45) is 0 Å². The maximum Gasteiger partial charge on any atom is 0.228 e. The molecule has 2 amide bonds. The molecule has 0 radical (unpaired) electrons. The van der Waals surface area contributed by atoms with Gasteiger partial charge in [0.1, 0.15) is 5.82 Å². The number of carbonyl (C=O) groups is 2. The van der Waals surface area contributed by atoms with Crippen molar-refractivity contribution < 1.29 is 14.0 Å². The van der Waals surface area contributed by atoms with Gasteiger partial charge in [0.05, 0.1) is 12.0 Å². The van der Waals surface area contributed by atoms with Gasteiger partial charge in [0.25, 0.3) is 0 Å². The fraction of sp³-hybridized carbons (Fsp3) is 0.273. The summed E-state index contributed by atoms with van der Waals surface area (Å²) in [5, 5.41) is 5.91. The molecule has 0 saturated heterocycles. The molecule has 5 heteroatoms. The number of halogens is 1. The monoisotopic (exact) mass is 366 g/mol. The Morgan fingerprint density at radius 3 is 2.37 bits per heavy atom. The molecule has 140 valence electrons. The summed E-state index contributed by atoms with van der Waals surface area (Å²) in [6.07, 6.45) is 5.40. The molecule has 1 heterocycles. The summed E-state index contributed by atoms with van der Waals surface area (Å²) in [4.78, 5) is 25.3. The second-order valence-corrected chi connectivity index (χ2v) is 6.63. The zero-order valence-electron chi connectivity index (χ0n) is 15.0. The molecule has 27 heavy (non-hydrogen) atoms. The molecular formula is C22H23FN2O2. The Hall–Kier alpha value is -2.95. The molecule has 1 aliphatic heterocycles. The second kappa shape index (κ2) is 9.12. The summed E-state index contributed by atoms with van der Waals surface area (Å²) in [7, 11) is 0. The summed E-state index contributed by atoms with van der Waals surface area (Å²) in [6, 6.07) is 15.2. The molecule has 0 spiro atoms. The molecule has 2 N–H and O–H groups in total. The number of benzene rings is 2. The van der Waals surface area contributed by atoms with Crippen LogP contribution in [0.15, 0.2) is 66.7 Å². The molecule has 0 aliphatic carbocycles. The first-order chi connectivity index (χ1) is 13.1. The van der Waals surface area contributed by atoms with E-state index in [1.54, 1.807) is 12.1 Å². The minimum atomic E-state index is -0.572. The van der Waals surface area contributed by atoms with Crippen LogP contribution in [0.3, 0.4) is 0 Å². The van der Waals surface area contributed by atoms with Crippen LogP contribution in [0.25, 0.3) is 0 Å². The van der Waals surface area contributed by atoms with Crippen molar-refractivity contribution in [3.63, 3.8) is 0 Å².